The van der Waals surface area contributed by atoms with Crippen LogP contribution in [0.3, 0.4) is 0 Å². The lowest BCUT2D eigenvalue weighted by Crippen LogP contribution is -2.35. The molecule has 0 unspecified atom stereocenters. The summed E-state index contributed by atoms with van der Waals surface area (Å²) < 4.78 is 17.2. The quantitative estimate of drug-likeness (QED) is 0.285. The fraction of sp³-hybridized carbons (Fsp3) is 0.240. The molecule has 0 saturated carbocycles. The summed E-state index contributed by atoms with van der Waals surface area (Å²) in [5.41, 5.74) is 13.3. The highest BCUT2D eigenvalue weighted by molar-refractivity contribution is 6.02. The lowest BCUT2D eigenvalue weighted by Gasteiger charge is -2.24. The first-order valence-electron chi connectivity index (χ1n) is 10.1. The number of ketones is 1. The first kappa shape index (κ1) is 22.2. The summed E-state index contributed by atoms with van der Waals surface area (Å²) >= 11 is 0. The van der Waals surface area contributed by atoms with Crippen molar-refractivity contribution in [2.75, 3.05) is 24.7 Å². The molecule has 4 N–H and O–H groups in total. The zero-order valence-electron chi connectivity index (χ0n) is 17.8. The molecule has 0 atom stereocenters. The van der Waals surface area contributed by atoms with Crippen molar-refractivity contribution in [1.82, 2.24) is 0 Å². The molecule has 3 aromatic carbocycles. The van der Waals surface area contributed by atoms with Gasteiger partial charge in [0.2, 0.25) is 0 Å². The minimum Gasteiger partial charge on any atom is -0.490 e. The summed E-state index contributed by atoms with van der Waals surface area (Å²) in [5, 5.41) is 0. The van der Waals surface area contributed by atoms with Crippen LogP contribution in [0.2, 0.25) is 0 Å². The maximum atomic E-state index is 12.9. The molecule has 0 aliphatic rings. The number of nitrogen functional groups attached to an aromatic ring is 2. The minimum atomic E-state index is -0.939. The van der Waals surface area contributed by atoms with Crippen molar-refractivity contribution < 1.29 is 19.0 Å². The molecule has 0 heterocycles. The molecule has 0 aliphatic heterocycles. The fourth-order valence-corrected chi connectivity index (χ4v) is 2.96. The molecule has 0 bridgehead atoms. The second-order valence-corrected chi connectivity index (χ2v) is 7.63. The highest BCUT2D eigenvalue weighted by atomic mass is 16.5. The number of carbonyl (C=O) groups excluding carboxylic acids is 1. The lowest BCUT2D eigenvalue weighted by atomic mass is 9.96. The Morgan fingerprint density at radius 1 is 0.871 bits per heavy atom. The van der Waals surface area contributed by atoms with Crippen LogP contribution in [0.15, 0.2) is 72.8 Å². The van der Waals surface area contributed by atoms with Gasteiger partial charge in [0, 0.05) is 11.3 Å². The van der Waals surface area contributed by atoms with Gasteiger partial charge in [-0.2, -0.15) is 0 Å². The Hall–Kier alpha value is -3.51. The third kappa shape index (κ3) is 6.23. The van der Waals surface area contributed by atoms with Crippen molar-refractivity contribution in [2.24, 2.45) is 0 Å². The molecule has 6 nitrogen and oxygen atoms in total. The topological polar surface area (TPSA) is 96.8 Å². The van der Waals surface area contributed by atoms with Crippen LogP contribution in [-0.2, 0) is 11.3 Å². The Labute approximate surface area is 182 Å². The number of hydrogen-bond acceptors (Lipinski definition) is 6. The Kier molecular flexibility index (Phi) is 7.15. The molecule has 0 fully saturated rings. The van der Waals surface area contributed by atoms with E-state index in [2.05, 4.69) is 0 Å². The number of anilines is 2. The minimum absolute atomic E-state index is 0.0860. The first-order valence-corrected chi connectivity index (χ1v) is 10.1. The number of ether oxygens (including phenoxy) is 3. The number of benzene rings is 3. The van der Waals surface area contributed by atoms with Crippen molar-refractivity contribution in [2.45, 2.75) is 26.1 Å². The van der Waals surface area contributed by atoms with Crippen LogP contribution in [0.1, 0.15) is 29.8 Å². The number of Topliss-reactive ketones (excluding diaryl/α,β-unsaturated/α-hetero) is 1. The van der Waals surface area contributed by atoms with Gasteiger partial charge in [-0.15, -0.1) is 0 Å². The first-order chi connectivity index (χ1) is 14.8. The third-order valence-electron chi connectivity index (χ3n) is 4.75. The second-order valence-electron chi connectivity index (χ2n) is 7.63. The molecule has 31 heavy (non-hydrogen) atoms. The van der Waals surface area contributed by atoms with E-state index in [1.807, 2.05) is 30.3 Å². The van der Waals surface area contributed by atoms with E-state index in [1.54, 1.807) is 56.3 Å². The van der Waals surface area contributed by atoms with Gasteiger partial charge in [-0.1, -0.05) is 30.3 Å². The Bertz CT molecular complexity index is 1000. The van der Waals surface area contributed by atoms with Crippen LogP contribution in [-0.4, -0.2) is 24.6 Å². The molecule has 6 heteroatoms. The molecule has 0 radical (unpaired) electrons. The molecule has 0 amide bonds. The van der Waals surface area contributed by atoms with Crippen LogP contribution in [0.5, 0.6) is 11.5 Å². The summed E-state index contributed by atoms with van der Waals surface area (Å²) in [5.74, 6) is 1.13. The van der Waals surface area contributed by atoms with Gasteiger partial charge in [0.25, 0.3) is 0 Å². The molecule has 0 aromatic heterocycles. The maximum absolute atomic E-state index is 12.9. The molecule has 0 spiro atoms. The number of rotatable bonds is 10. The smallest absolute Gasteiger partial charge is 0.194 e. The van der Waals surface area contributed by atoms with Crippen LogP contribution >= 0.6 is 0 Å². The van der Waals surface area contributed by atoms with Gasteiger partial charge in [0.15, 0.2) is 5.78 Å². The summed E-state index contributed by atoms with van der Waals surface area (Å²) in [4.78, 5) is 12.9. The fourth-order valence-electron chi connectivity index (χ4n) is 2.96. The second kappa shape index (κ2) is 10.00. The number of nitrogens with two attached hydrogens (primary N) is 2. The summed E-state index contributed by atoms with van der Waals surface area (Å²) in [6.45, 7) is 4.60. The highest BCUT2D eigenvalue weighted by Gasteiger charge is 2.29. The predicted octanol–water partition coefficient (Wildman–Crippen LogP) is 4.49. The van der Waals surface area contributed by atoms with E-state index in [1.165, 1.54) is 0 Å². The van der Waals surface area contributed by atoms with Crippen molar-refractivity contribution in [3.8, 4) is 11.5 Å². The molecule has 162 valence electrons. The molecule has 3 aromatic rings. The van der Waals surface area contributed by atoms with Crippen molar-refractivity contribution >= 4 is 17.2 Å². The van der Waals surface area contributed by atoms with E-state index in [-0.39, 0.29) is 5.78 Å². The van der Waals surface area contributed by atoms with Gasteiger partial charge in [-0.25, -0.2) is 0 Å². The number of carbonyl (C=O) groups is 1. The van der Waals surface area contributed by atoms with E-state index < -0.39 is 5.60 Å². The molecule has 3 rings (SSSR count). The maximum Gasteiger partial charge on any atom is 0.194 e. The van der Waals surface area contributed by atoms with Gasteiger partial charge in [0.1, 0.15) is 30.3 Å². The summed E-state index contributed by atoms with van der Waals surface area (Å²) in [6, 6.07) is 21.9. The predicted molar refractivity (Wildman–Crippen MR) is 122 cm³/mol. The third-order valence-corrected chi connectivity index (χ3v) is 4.75. The van der Waals surface area contributed by atoms with E-state index in [9.17, 15) is 4.79 Å². The molecular weight excluding hydrogens is 392 g/mol. The summed E-state index contributed by atoms with van der Waals surface area (Å²) in [6.07, 6.45) is 0. The van der Waals surface area contributed by atoms with Crippen LogP contribution in [0.25, 0.3) is 0 Å². The van der Waals surface area contributed by atoms with E-state index in [4.69, 9.17) is 25.7 Å². The van der Waals surface area contributed by atoms with E-state index in [0.717, 1.165) is 5.56 Å². The Morgan fingerprint density at radius 3 is 2.23 bits per heavy atom. The van der Waals surface area contributed by atoms with Gasteiger partial charge < -0.3 is 25.7 Å². The SMILES string of the molecule is CC(C)(OCc1ccccc1)C(=O)c1ccc(OCCOc2ccc(N)cc2N)cc1. The number of hydrogen-bond donors (Lipinski definition) is 2. The van der Waals surface area contributed by atoms with Crippen LogP contribution < -0.4 is 20.9 Å². The van der Waals surface area contributed by atoms with Crippen LogP contribution in [0, 0.1) is 0 Å². The monoisotopic (exact) mass is 420 g/mol. The normalized spacial score (nSPS) is 11.2. The molecule has 0 aliphatic carbocycles. The molecule has 0 saturated heterocycles. The largest absolute Gasteiger partial charge is 0.490 e. The standard InChI is InChI=1S/C25H28N2O4/c1-25(2,31-17-18-6-4-3-5-7-18)24(28)19-8-11-21(12-9-19)29-14-15-30-23-13-10-20(26)16-22(23)27/h3-13,16H,14-15,17,26-27H2,1-2H3. The highest BCUT2D eigenvalue weighted by Crippen LogP contribution is 2.24. The molecular formula is C25H28N2O4. The van der Waals surface area contributed by atoms with Gasteiger partial charge >= 0.3 is 0 Å². The Balaban J connectivity index is 1.48. The van der Waals surface area contributed by atoms with E-state index >= 15 is 0 Å². The average Bonchev–Trinajstić information content (AvgIpc) is 2.77. The van der Waals surface area contributed by atoms with Crippen molar-refractivity contribution in [3.63, 3.8) is 0 Å². The van der Waals surface area contributed by atoms with Gasteiger partial charge in [-0.05, 0) is 61.9 Å². The van der Waals surface area contributed by atoms with E-state index in [0.29, 0.717) is 48.3 Å². The van der Waals surface area contributed by atoms with Gasteiger partial charge in [0.05, 0.1) is 12.3 Å². The Morgan fingerprint density at radius 2 is 1.55 bits per heavy atom. The van der Waals surface area contributed by atoms with Crippen LogP contribution in [0.4, 0.5) is 11.4 Å². The lowest BCUT2D eigenvalue weighted by molar-refractivity contribution is -0.0135. The zero-order chi connectivity index (χ0) is 22.3. The van der Waals surface area contributed by atoms with Crippen molar-refractivity contribution in [1.29, 1.82) is 0 Å². The summed E-state index contributed by atoms with van der Waals surface area (Å²) in [7, 11) is 0. The van der Waals surface area contributed by atoms with Crippen molar-refractivity contribution in [3.05, 3.63) is 83.9 Å². The average molecular weight is 421 g/mol. The zero-order valence-corrected chi connectivity index (χ0v) is 17.8. The van der Waals surface area contributed by atoms with Gasteiger partial charge in [-0.3, -0.25) is 4.79 Å².